The summed E-state index contributed by atoms with van der Waals surface area (Å²) in [4.78, 5) is 0. The molecule has 0 aliphatic rings. The molecule has 0 aliphatic heterocycles. The number of rotatable bonds is 5. The van der Waals surface area contributed by atoms with E-state index in [2.05, 4.69) is 38.1 Å². The average molecular weight is 323 g/mol. The fourth-order valence-electron chi connectivity index (χ4n) is 2.35. The minimum Gasteiger partial charge on any atom is -0.392 e. The van der Waals surface area contributed by atoms with Crippen molar-refractivity contribution in [2.75, 3.05) is 0 Å². The molecule has 1 N–H and O–H groups in total. The van der Waals surface area contributed by atoms with Crippen molar-refractivity contribution in [3.8, 4) is 0 Å². The van der Waals surface area contributed by atoms with Gasteiger partial charge in [0.1, 0.15) is 0 Å². The molecule has 1 unspecified atom stereocenters. The summed E-state index contributed by atoms with van der Waals surface area (Å²) in [6.45, 7) is 4.34. The van der Waals surface area contributed by atoms with Crippen molar-refractivity contribution in [2.24, 2.45) is 0 Å². The zero-order valence-corrected chi connectivity index (χ0v) is 13.8. The van der Waals surface area contributed by atoms with Gasteiger partial charge in [0.25, 0.3) is 0 Å². The molecular weight excluding hydrogens is 303 g/mol. The molecule has 1 nitrogen and oxygen atoms in total. The predicted molar refractivity (Wildman–Crippen MR) is 90.4 cm³/mol. The topological polar surface area (TPSA) is 20.2 Å². The number of aliphatic hydroxyl groups excluding tert-OH is 1. The van der Waals surface area contributed by atoms with Gasteiger partial charge in [-0.05, 0) is 41.2 Å². The van der Waals surface area contributed by atoms with Crippen molar-refractivity contribution < 1.29 is 5.11 Å². The molecule has 0 aliphatic carbocycles. The quantitative estimate of drug-likeness (QED) is 0.795. The van der Waals surface area contributed by atoms with Crippen LogP contribution in [0, 0.1) is 0 Å². The normalized spacial score (nSPS) is 12.7. The Kier molecular flexibility index (Phi) is 5.69. The lowest BCUT2D eigenvalue weighted by Gasteiger charge is -2.14. The fraction of sp³-hybridized carbons (Fsp3) is 0.333. The molecule has 3 heteroatoms. The fourth-order valence-corrected chi connectivity index (χ4v) is 2.90. The van der Waals surface area contributed by atoms with Crippen molar-refractivity contribution in [3.63, 3.8) is 0 Å². The standard InChI is InChI=1S/C18H20Cl2O/c1-12(2)14-8-6-13(7-9-14)10-15(21)11-16-17(19)4-3-5-18(16)20/h3-9,12,15,21H,10-11H2,1-2H3. The number of hydrogen-bond donors (Lipinski definition) is 1. The Balaban J connectivity index is 2.03. The Hall–Kier alpha value is -1.02. The maximum absolute atomic E-state index is 10.3. The van der Waals surface area contributed by atoms with Gasteiger partial charge in [-0.25, -0.2) is 0 Å². The number of aliphatic hydroxyl groups is 1. The Bertz CT molecular complexity index is 570. The van der Waals surface area contributed by atoms with E-state index in [0.717, 1.165) is 11.1 Å². The van der Waals surface area contributed by atoms with Gasteiger partial charge < -0.3 is 5.11 Å². The van der Waals surface area contributed by atoms with Crippen LogP contribution in [0.15, 0.2) is 42.5 Å². The third kappa shape index (κ3) is 4.47. The van der Waals surface area contributed by atoms with Crippen LogP contribution >= 0.6 is 23.2 Å². The van der Waals surface area contributed by atoms with Crippen molar-refractivity contribution in [3.05, 3.63) is 69.2 Å². The van der Waals surface area contributed by atoms with Crippen LogP contribution in [0.25, 0.3) is 0 Å². The lowest BCUT2D eigenvalue weighted by molar-refractivity contribution is 0.175. The first kappa shape index (κ1) is 16.4. The summed E-state index contributed by atoms with van der Waals surface area (Å²) in [6, 6.07) is 13.8. The molecule has 112 valence electrons. The molecule has 0 bridgehead atoms. The van der Waals surface area contributed by atoms with Gasteiger partial charge in [0, 0.05) is 16.5 Å². The lowest BCUT2D eigenvalue weighted by Crippen LogP contribution is -2.14. The zero-order chi connectivity index (χ0) is 15.4. The van der Waals surface area contributed by atoms with Crippen LogP contribution in [-0.4, -0.2) is 11.2 Å². The predicted octanol–water partition coefficient (Wildman–Crippen LogP) is 5.26. The molecule has 0 saturated heterocycles. The van der Waals surface area contributed by atoms with Gasteiger partial charge in [0.2, 0.25) is 0 Å². The molecule has 1 atom stereocenters. The molecular formula is C18H20Cl2O. The number of hydrogen-bond acceptors (Lipinski definition) is 1. The number of halogens is 2. The van der Waals surface area contributed by atoms with E-state index in [4.69, 9.17) is 23.2 Å². The van der Waals surface area contributed by atoms with Crippen LogP contribution in [0.3, 0.4) is 0 Å². The molecule has 0 aromatic heterocycles. The first-order valence-corrected chi connectivity index (χ1v) is 7.92. The summed E-state index contributed by atoms with van der Waals surface area (Å²) in [7, 11) is 0. The van der Waals surface area contributed by atoms with Crippen LogP contribution < -0.4 is 0 Å². The van der Waals surface area contributed by atoms with E-state index in [1.807, 2.05) is 6.07 Å². The second-order valence-electron chi connectivity index (χ2n) is 5.66. The average Bonchev–Trinajstić information content (AvgIpc) is 2.43. The van der Waals surface area contributed by atoms with E-state index in [9.17, 15) is 5.11 Å². The van der Waals surface area contributed by atoms with E-state index in [1.54, 1.807) is 12.1 Å². The van der Waals surface area contributed by atoms with E-state index < -0.39 is 6.10 Å². The Morgan fingerprint density at radius 3 is 2.00 bits per heavy atom. The van der Waals surface area contributed by atoms with Crippen molar-refractivity contribution >= 4 is 23.2 Å². The van der Waals surface area contributed by atoms with Gasteiger partial charge >= 0.3 is 0 Å². The van der Waals surface area contributed by atoms with Crippen LogP contribution in [0.2, 0.25) is 10.0 Å². The Morgan fingerprint density at radius 1 is 0.905 bits per heavy atom. The molecule has 0 spiro atoms. The minimum absolute atomic E-state index is 0.463. The lowest BCUT2D eigenvalue weighted by atomic mass is 9.97. The zero-order valence-electron chi connectivity index (χ0n) is 12.3. The van der Waals surface area contributed by atoms with E-state index >= 15 is 0 Å². The monoisotopic (exact) mass is 322 g/mol. The van der Waals surface area contributed by atoms with Crippen LogP contribution in [0.1, 0.15) is 36.5 Å². The molecule has 0 fully saturated rings. The summed E-state index contributed by atoms with van der Waals surface area (Å²) >= 11 is 12.3. The first-order chi connectivity index (χ1) is 9.97. The second kappa shape index (κ2) is 7.31. The first-order valence-electron chi connectivity index (χ1n) is 7.17. The summed E-state index contributed by atoms with van der Waals surface area (Å²) in [5.41, 5.74) is 3.24. The molecule has 0 saturated carbocycles. The van der Waals surface area contributed by atoms with Crippen LogP contribution in [0.4, 0.5) is 0 Å². The van der Waals surface area contributed by atoms with Gasteiger partial charge in [0.05, 0.1) is 6.10 Å². The second-order valence-corrected chi connectivity index (χ2v) is 6.47. The molecule has 0 amide bonds. The minimum atomic E-state index is -0.493. The highest BCUT2D eigenvalue weighted by Crippen LogP contribution is 2.26. The molecule has 2 rings (SSSR count). The highest BCUT2D eigenvalue weighted by Gasteiger charge is 2.12. The highest BCUT2D eigenvalue weighted by molar-refractivity contribution is 6.35. The maximum Gasteiger partial charge on any atom is 0.0621 e. The van der Waals surface area contributed by atoms with Crippen LogP contribution in [-0.2, 0) is 12.8 Å². The molecule has 2 aromatic carbocycles. The van der Waals surface area contributed by atoms with Crippen molar-refractivity contribution in [2.45, 2.75) is 38.7 Å². The third-order valence-corrected chi connectivity index (χ3v) is 4.33. The van der Waals surface area contributed by atoms with Gasteiger partial charge in [-0.15, -0.1) is 0 Å². The SMILES string of the molecule is CC(C)c1ccc(CC(O)Cc2c(Cl)cccc2Cl)cc1. The summed E-state index contributed by atoms with van der Waals surface area (Å²) in [5, 5.41) is 11.5. The summed E-state index contributed by atoms with van der Waals surface area (Å²) in [5.74, 6) is 0.519. The van der Waals surface area contributed by atoms with E-state index in [1.165, 1.54) is 5.56 Å². The van der Waals surface area contributed by atoms with E-state index in [-0.39, 0.29) is 0 Å². The Morgan fingerprint density at radius 2 is 1.48 bits per heavy atom. The smallest absolute Gasteiger partial charge is 0.0621 e. The third-order valence-electron chi connectivity index (χ3n) is 3.62. The Labute approximate surface area is 136 Å². The molecule has 0 heterocycles. The molecule has 0 radical (unpaired) electrons. The summed E-state index contributed by atoms with van der Waals surface area (Å²) in [6.07, 6.45) is 0.567. The van der Waals surface area contributed by atoms with Gasteiger partial charge in [-0.3, -0.25) is 0 Å². The van der Waals surface area contributed by atoms with Gasteiger partial charge in [0.15, 0.2) is 0 Å². The van der Waals surface area contributed by atoms with Gasteiger partial charge in [-0.2, -0.15) is 0 Å². The van der Waals surface area contributed by atoms with Crippen LogP contribution in [0.5, 0.6) is 0 Å². The molecule has 21 heavy (non-hydrogen) atoms. The largest absolute Gasteiger partial charge is 0.392 e. The highest BCUT2D eigenvalue weighted by atomic mass is 35.5. The number of benzene rings is 2. The van der Waals surface area contributed by atoms with Gasteiger partial charge in [-0.1, -0.05) is 67.4 Å². The van der Waals surface area contributed by atoms with E-state index in [0.29, 0.717) is 28.8 Å². The summed E-state index contributed by atoms with van der Waals surface area (Å²) < 4.78 is 0. The van der Waals surface area contributed by atoms with Crippen molar-refractivity contribution in [1.29, 1.82) is 0 Å². The maximum atomic E-state index is 10.3. The van der Waals surface area contributed by atoms with Crippen molar-refractivity contribution in [1.82, 2.24) is 0 Å². The molecule has 2 aromatic rings.